The van der Waals surface area contributed by atoms with E-state index in [0.717, 1.165) is 17.8 Å². The van der Waals surface area contributed by atoms with Gasteiger partial charge in [0.2, 0.25) is 5.91 Å². The molecule has 2 aliphatic carbocycles. The third-order valence-corrected chi connectivity index (χ3v) is 4.47. The molecule has 4 atom stereocenters. The second kappa shape index (κ2) is 5.38. The smallest absolute Gasteiger partial charge is 0.234 e. The molecule has 2 bridgehead atoms. The SMILES string of the molecule is CC(C)NC(=O)CNC(C)C1CC2CCC1C2. The lowest BCUT2D eigenvalue weighted by atomic mass is 9.84. The molecular weight excluding hydrogens is 212 g/mol. The summed E-state index contributed by atoms with van der Waals surface area (Å²) in [7, 11) is 0. The Hall–Kier alpha value is -0.570. The Kier molecular flexibility index (Phi) is 4.08. The number of hydrogen-bond acceptors (Lipinski definition) is 2. The number of hydrogen-bond donors (Lipinski definition) is 2. The van der Waals surface area contributed by atoms with E-state index in [1.807, 2.05) is 13.8 Å². The largest absolute Gasteiger partial charge is 0.353 e. The van der Waals surface area contributed by atoms with Crippen molar-refractivity contribution < 1.29 is 4.79 Å². The van der Waals surface area contributed by atoms with E-state index in [9.17, 15) is 4.79 Å². The van der Waals surface area contributed by atoms with Crippen LogP contribution in [0.4, 0.5) is 0 Å². The Morgan fingerprint density at radius 2 is 2.00 bits per heavy atom. The van der Waals surface area contributed by atoms with Gasteiger partial charge in [0.05, 0.1) is 6.54 Å². The van der Waals surface area contributed by atoms with Crippen molar-refractivity contribution in [1.82, 2.24) is 10.6 Å². The summed E-state index contributed by atoms with van der Waals surface area (Å²) in [5.41, 5.74) is 0. The highest BCUT2D eigenvalue weighted by Gasteiger charge is 2.41. The topological polar surface area (TPSA) is 41.1 Å². The minimum Gasteiger partial charge on any atom is -0.353 e. The van der Waals surface area contributed by atoms with Crippen molar-refractivity contribution in [2.24, 2.45) is 17.8 Å². The second-order valence-corrected chi connectivity index (χ2v) is 6.23. The predicted octanol–water partition coefficient (Wildman–Crippen LogP) is 1.93. The van der Waals surface area contributed by atoms with E-state index in [0.29, 0.717) is 12.6 Å². The Balaban J connectivity index is 1.71. The third-order valence-electron chi connectivity index (χ3n) is 4.47. The van der Waals surface area contributed by atoms with Crippen molar-refractivity contribution >= 4 is 5.91 Å². The van der Waals surface area contributed by atoms with Crippen molar-refractivity contribution in [1.29, 1.82) is 0 Å². The van der Waals surface area contributed by atoms with E-state index in [1.54, 1.807) is 0 Å². The molecule has 0 spiro atoms. The summed E-state index contributed by atoms with van der Waals surface area (Å²) in [6, 6.07) is 0.727. The lowest BCUT2D eigenvalue weighted by Crippen LogP contribution is -2.44. The van der Waals surface area contributed by atoms with E-state index in [2.05, 4.69) is 17.6 Å². The van der Waals surface area contributed by atoms with Gasteiger partial charge in [0.1, 0.15) is 0 Å². The molecule has 0 saturated heterocycles. The van der Waals surface area contributed by atoms with E-state index in [-0.39, 0.29) is 11.9 Å². The van der Waals surface area contributed by atoms with Crippen molar-refractivity contribution in [2.45, 2.75) is 58.5 Å². The molecule has 0 radical (unpaired) electrons. The van der Waals surface area contributed by atoms with E-state index >= 15 is 0 Å². The molecule has 3 nitrogen and oxygen atoms in total. The Bertz CT molecular complexity index is 277. The number of rotatable bonds is 5. The second-order valence-electron chi connectivity index (χ2n) is 6.23. The molecule has 0 aromatic carbocycles. The number of nitrogens with one attached hydrogen (secondary N) is 2. The molecule has 1 amide bonds. The van der Waals surface area contributed by atoms with Crippen molar-refractivity contribution in [3.05, 3.63) is 0 Å². The van der Waals surface area contributed by atoms with Crippen LogP contribution in [-0.2, 0) is 4.79 Å². The zero-order valence-electron chi connectivity index (χ0n) is 11.3. The molecule has 3 heteroatoms. The highest BCUT2D eigenvalue weighted by atomic mass is 16.1. The lowest BCUT2D eigenvalue weighted by Gasteiger charge is -2.28. The molecule has 0 aromatic rings. The van der Waals surface area contributed by atoms with Gasteiger partial charge in [-0.15, -0.1) is 0 Å². The monoisotopic (exact) mass is 238 g/mol. The predicted molar refractivity (Wildman–Crippen MR) is 69.7 cm³/mol. The van der Waals surface area contributed by atoms with E-state index < -0.39 is 0 Å². The molecule has 17 heavy (non-hydrogen) atoms. The van der Waals surface area contributed by atoms with Crippen LogP contribution in [0.5, 0.6) is 0 Å². The lowest BCUT2D eigenvalue weighted by molar-refractivity contribution is -0.120. The van der Waals surface area contributed by atoms with Crippen LogP contribution in [-0.4, -0.2) is 24.5 Å². The first-order valence-corrected chi connectivity index (χ1v) is 7.09. The highest BCUT2D eigenvalue weighted by Crippen LogP contribution is 2.49. The first-order chi connectivity index (χ1) is 8.06. The van der Waals surface area contributed by atoms with Gasteiger partial charge in [0.15, 0.2) is 0 Å². The van der Waals surface area contributed by atoms with E-state index in [4.69, 9.17) is 0 Å². The van der Waals surface area contributed by atoms with Crippen molar-refractivity contribution in [2.75, 3.05) is 6.54 Å². The molecule has 2 rings (SSSR count). The Labute approximate surface area is 105 Å². The van der Waals surface area contributed by atoms with Gasteiger partial charge in [0, 0.05) is 12.1 Å². The maximum absolute atomic E-state index is 11.6. The maximum Gasteiger partial charge on any atom is 0.234 e. The molecule has 2 aliphatic rings. The molecule has 0 heterocycles. The Morgan fingerprint density at radius 1 is 1.24 bits per heavy atom. The fourth-order valence-corrected chi connectivity index (χ4v) is 3.68. The van der Waals surface area contributed by atoms with Crippen LogP contribution in [0.15, 0.2) is 0 Å². The quantitative estimate of drug-likeness (QED) is 0.768. The van der Waals surface area contributed by atoms with Gasteiger partial charge in [-0.1, -0.05) is 6.42 Å². The van der Waals surface area contributed by atoms with Crippen LogP contribution in [0.2, 0.25) is 0 Å². The van der Waals surface area contributed by atoms with Gasteiger partial charge in [-0.3, -0.25) is 4.79 Å². The summed E-state index contributed by atoms with van der Waals surface area (Å²) < 4.78 is 0. The van der Waals surface area contributed by atoms with Gasteiger partial charge >= 0.3 is 0 Å². The summed E-state index contributed by atoms with van der Waals surface area (Å²) in [4.78, 5) is 11.6. The normalized spacial score (nSPS) is 33.1. The standard InChI is InChI=1S/C14H26N2O/c1-9(2)16-14(17)8-15-10(3)13-7-11-4-5-12(13)6-11/h9-13,15H,4-8H2,1-3H3,(H,16,17). The van der Waals surface area contributed by atoms with Gasteiger partial charge in [-0.2, -0.15) is 0 Å². The number of carbonyl (C=O) groups excluding carboxylic acids is 1. The summed E-state index contributed by atoms with van der Waals surface area (Å²) in [6.45, 7) is 6.70. The first-order valence-electron chi connectivity index (χ1n) is 7.09. The van der Waals surface area contributed by atoms with Gasteiger partial charge in [-0.05, 0) is 57.8 Å². The minimum absolute atomic E-state index is 0.120. The van der Waals surface area contributed by atoms with Crippen LogP contribution in [0.3, 0.4) is 0 Å². The first kappa shape index (κ1) is 12.9. The van der Waals surface area contributed by atoms with Crippen LogP contribution in [0, 0.1) is 17.8 Å². The number of carbonyl (C=O) groups is 1. The summed E-state index contributed by atoms with van der Waals surface area (Å²) in [6.07, 6.45) is 5.68. The summed E-state index contributed by atoms with van der Waals surface area (Å²) in [5, 5.41) is 6.32. The molecule has 0 aliphatic heterocycles. The van der Waals surface area contributed by atoms with Crippen LogP contribution < -0.4 is 10.6 Å². The van der Waals surface area contributed by atoms with Crippen LogP contribution in [0.25, 0.3) is 0 Å². The van der Waals surface area contributed by atoms with Crippen molar-refractivity contribution in [3.8, 4) is 0 Å². The van der Waals surface area contributed by atoms with E-state index in [1.165, 1.54) is 25.7 Å². The summed E-state index contributed by atoms with van der Waals surface area (Å²) in [5.74, 6) is 2.84. The third kappa shape index (κ3) is 3.21. The zero-order chi connectivity index (χ0) is 12.4. The molecule has 2 N–H and O–H groups in total. The fraction of sp³-hybridized carbons (Fsp3) is 0.929. The minimum atomic E-state index is 0.120. The summed E-state index contributed by atoms with van der Waals surface area (Å²) >= 11 is 0. The number of amides is 1. The number of fused-ring (bicyclic) bond motifs is 2. The van der Waals surface area contributed by atoms with Crippen LogP contribution >= 0.6 is 0 Å². The highest BCUT2D eigenvalue weighted by molar-refractivity contribution is 5.78. The Morgan fingerprint density at radius 3 is 2.53 bits per heavy atom. The van der Waals surface area contributed by atoms with Gasteiger partial charge in [-0.25, -0.2) is 0 Å². The average Bonchev–Trinajstić information content (AvgIpc) is 2.86. The van der Waals surface area contributed by atoms with Gasteiger partial charge < -0.3 is 10.6 Å². The molecule has 4 unspecified atom stereocenters. The zero-order valence-corrected chi connectivity index (χ0v) is 11.3. The molecule has 2 fully saturated rings. The fourth-order valence-electron chi connectivity index (χ4n) is 3.68. The molecule has 98 valence electrons. The molecule has 2 saturated carbocycles. The van der Waals surface area contributed by atoms with Crippen molar-refractivity contribution in [3.63, 3.8) is 0 Å². The van der Waals surface area contributed by atoms with Gasteiger partial charge in [0.25, 0.3) is 0 Å². The molecular formula is C14H26N2O. The van der Waals surface area contributed by atoms with Crippen LogP contribution in [0.1, 0.15) is 46.5 Å². The average molecular weight is 238 g/mol. The molecule has 0 aromatic heterocycles. The maximum atomic E-state index is 11.6.